The second-order valence-corrected chi connectivity index (χ2v) is 7.92. The van der Waals surface area contributed by atoms with Crippen LogP contribution in [0, 0.1) is 0 Å². The van der Waals surface area contributed by atoms with Crippen LogP contribution in [0.25, 0.3) is 17.1 Å². The zero-order valence-corrected chi connectivity index (χ0v) is 16.4. The largest absolute Gasteiger partial charge is 0.270 e. The maximum Gasteiger partial charge on any atom is 0.196 e. The van der Waals surface area contributed by atoms with Crippen LogP contribution < -0.4 is 0 Å². The van der Waals surface area contributed by atoms with Crippen LogP contribution in [0.15, 0.2) is 59.8 Å². The van der Waals surface area contributed by atoms with Gasteiger partial charge in [0.1, 0.15) is 0 Å². The molecule has 1 fully saturated rings. The van der Waals surface area contributed by atoms with Crippen LogP contribution in [0.1, 0.15) is 24.7 Å². The minimum Gasteiger partial charge on any atom is -0.270 e. The van der Waals surface area contributed by atoms with E-state index in [1.807, 2.05) is 59.3 Å². The Balaban J connectivity index is 1.50. The van der Waals surface area contributed by atoms with Gasteiger partial charge in [-0.1, -0.05) is 41.6 Å². The van der Waals surface area contributed by atoms with Gasteiger partial charge in [-0.2, -0.15) is 0 Å². The number of halogens is 1. The molecule has 28 heavy (non-hydrogen) atoms. The van der Waals surface area contributed by atoms with Gasteiger partial charge in [0, 0.05) is 16.3 Å². The first-order valence-corrected chi connectivity index (χ1v) is 10.3. The van der Waals surface area contributed by atoms with E-state index in [-0.39, 0.29) is 0 Å². The summed E-state index contributed by atoms with van der Waals surface area (Å²) in [6, 6.07) is 18.2. The van der Waals surface area contributed by atoms with Gasteiger partial charge in [0.15, 0.2) is 16.8 Å². The highest BCUT2D eigenvalue weighted by molar-refractivity contribution is 7.98. The van der Waals surface area contributed by atoms with E-state index in [4.69, 9.17) is 11.6 Å². The summed E-state index contributed by atoms with van der Waals surface area (Å²) in [6.45, 7) is 0. The van der Waals surface area contributed by atoms with Crippen LogP contribution in [0.3, 0.4) is 0 Å². The number of benzene rings is 2. The Labute approximate surface area is 170 Å². The molecule has 0 atom stereocenters. The Kier molecular flexibility index (Phi) is 4.58. The summed E-state index contributed by atoms with van der Waals surface area (Å²) in [6.07, 6.45) is 2.28. The van der Waals surface area contributed by atoms with E-state index < -0.39 is 0 Å². The summed E-state index contributed by atoms with van der Waals surface area (Å²) in [5, 5.41) is 22.5. The van der Waals surface area contributed by atoms with Gasteiger partial charge < -0.3 is 0 Å². The maximum atomic E-state index is 6.05. The molecule has 0 N–H and O–H groups in total. The molecular formula is C19H16ClN7S. The van der Waals surface area contributed by atoms with Gasteiger partial charge in [0.2, 0.25) is 0 Å². The third-order valence-corrected chi connectivity index (χ3v) is 5.71. The first-order chi connectivity index (χ1) is 13.8. The van der Waals surface area contributed by atoms with Crippen molar-refractivity contribution in [2.75, 3.05) is 0 Å². The predicted octanol–water partition coefficient (Wildman–Crippen LogP) is 4.20. The summed E-state index contributed by atoms with van der Waals surface area (Å²) < 4.78 is 3.98. The summed E-state index contributed by atoms with van der Waals surface area (Å²) in [4.78, 5) is 0. The molecule has 2 heterocycles. The Morgan fingerprint density at radius 1 is 0.964 bits per heavy atom. The molecule has 0 amide bonds. The Morgan fingerprint density at radius 2 is 1.75 bits per heavy atom. The van der Waals surface area contributed by atoms with Crippen molar-refractivity contribution in [3.8, 4) is 17.1 Å². The lowest BCUT2D eigenvalue weighted by atomic mass is 10.2. The fraction of sp³-hybridized carbons (Fsp3) is 0.211. The average Bonchev–Trinajstić information content (AvgIpc) is 3.31. The summed E-state index contributed by atoms with van der Waals surface area (Å²) in [5.74, 6) is 2.27. The highest BCUT2D eigenvalue weighted by Crippen LogP contribution is 2.36. The molecule has 5 rings (SSSR count). The van der Waals surface area contributed by atoms with Crippen molar-refractivity contribution in [3.63, 3.8) is 0 Å². The molecule has 0 aliphatic heterocycles. The molecular weight excluding hydrogens is 394 g/mol. The number of aromatic nitrogens is 7. The van der Waals surface area contributed by atoms with Crippen molar-refractivity contribution in [1.29, 1.82) is 0 Å². The highest BCUT2D eigenvalue weighted by Gasteiger charge is 2.28. The molecule has 1 aliphatic carbocycles. The van der Waals surface area contributed by atoms with Gasteiger partial charge in [-0.3, -0.25) is 4.57 Å². The quantitative estimate of drug-likeness (QED) is 0.444. The van der Waals surface area contributed by atoms with Crippen molar-refractivity contribution >= 4 is 23.4 Å². The molecule has 0 saturated heterocycles. The lowest BCUT2D eigenvalue weighted by Gasteiger charge is -2.10. The number of para-hydroxylation sites is 1. The summed E-state index contributed by atoms with van der Waals surface area (Å²) in [5.41, 5.74) is 1.96. The van der Waals surface area contributed by atoms with E-state index in [1.165, 1.54) is 0 Å². The normalized spacial score (nSPS) is 13.8. The van der Waals surface area contributed by atoms with Gasteiger partial charge in [-0.15, -0.1) is 15.3 Å². The zero-order valence-electron chi connectivity index (χ0n) is 14.8. The van der Waals surface area contributed by atoms with Crippen LogP contribution in [0.4, 0.5) is 0 Å². The minimum atomic E-state index is 0.447. The van der Waals surface area contributed by atoms with Crippen LogP contribution >= 0.6 is 23.4 Å². The van der Waals surface area contributed by atoms with Crippen molar-refractivity contribution in [2.24, 2.45) is 0 Å². The number of hydrogen-bond acceptors (Lipinski definition) is 6. The number of nitrogens with zero attached hydrogens (tertiary/aromatic N) is 7. The first-order valence-electron chi connectivity index (χ1n) is 8.96. The summed E-state index contributed by atoms with van der Waals surface area (Å²) in [7, 11) is 0. The van der Waals surface area contributed by atoms with Crippen molar-refractivity contribution in [1.82, 2.24) is 35.0 Å². The topological polar surface area (TPSA) is 74.3 Å². The van der Waals surface area contributed by atoms with Crippen molar-refractivity contribution in [2.45, 2.75) is 29.8 Å². The van der Waals surface area contributed by atoms with Gasteiger partial charge in [0.25, 0.3) is 0 Å². The maximum absolute atomic E-state index is 6.05. The van der Waals surface area contributed by atoms with E-state index in [1.54, 1.807) is 11.8 Å². The lowest BCUT2D eigenvalue weighted by molar-refractivity contribution is 0.593. The summed E-state index contributed by atoms with van der Waals surface area (Å²) >= 11 is 7.62. The number of tetrazole rings is 1. The third kappa shape index (κ3) is 3.41. The molecule has 4 aromatic rings. The predicted molar refractivity (Wildman–Crippen MR) is 107 cm³/mol. The van der Waals surface area contributed by atoms with E-state index in [9.17, 15) is 0 Å². The van der Waals surface area contributed by atoms with Crippen LogP contribution in [-0.4, -0.2) is 35.0 Å². The average molecular weight is 410 g/mol. The number of rotatable bonds is 6. The zero-order chi connectivity index (χ0) is 18.9. The molecule has 2 aromatic carbocycles. The van der Waals surface area contributed by atoms with Gasteiger partial charge >= 0.3 is 0 Å². The van der Waals surface area contributed by atoms with E-state index >= 15 is 0 Å². The fourth-order valence-electron chi connectivity index (χ4n) is 3.00. The van der Waals surface area contributed by atoms with E-state index in [2.05, 4.69) is 30.3 Å². The van der Waals surface area contributed by atoms with E-state index in [0.29, 0.717) is 16.8 Å². The molecule has 0 spiro atoms. The monoisotopic (exact) mass is 409 g/mol. The molecule has 7 nitrogen and oxygen atoms in total. The van der Waals surface area contributed by atoms with Crippen molar-refractivity contribution in [3.05, 3.63) is 65.4 Å². The van der Waals surface area contributed by atoms with Gasteiger partial charge in [-0.25, -0.2) is 4.68 Å². The second kappa shape index (κ2) is 7.37. The Bertz CT molecular complexity index is 1090. The van der Waals surface area contributed by atoms with Crippen LogP contribution in [-0.2, 0) is 5.75 Å². The highest BCUT2D eigenvalue weighted by atomic mass is 35.5. The molecule has 0 bridgehead atoms. The molecule has 9 heteroatoms. The molecule has 2 aromatic heterocycles. The van der Waals surface area contributed by atoms with Crippen LogP contribution in [0.2, 0.25) is 5.02 Å². The molecule has 0 radical (unpaired) electrons. The standard InChI is InChI=1S/C19H16ClN7S/c20-14-8-6-13(7-9-14)18-22-23-19(26(18)15-4-2-1-3-5-15)28-12-17-21-24-25-27(17)16-10-11-16/h1-9,16H,10-12H2. The van der Waals surface area contributed by atoms with Gasteiger partial charge in [0.05, 0.1) is 11.8 Å². The minimum absolute atomic E-state index is 0.447. The molecule has 1 aliphatic rings. The molecule has 1 saturated carbocycles. The fourth-order valence-corrected chi connectivity index (χ4v) is 3.99. The third-order valence-electron chi connectivity index (χ3n) is 4.53. The first kappa shape index (κ1) is 17.4. The Morgan fingerprint density at radius 3 is 2.50 bits per heavy atom. The number of thioether (sulfide) groups is 1. The smallest absolute Gasteiger partial charge is 0.196 e. The van der Waals surface area contributed by atoms with Gasteiger partial charge in [-0.05, 0) is 59.7 Å². The SMILES string of the molecule is Clc1ccc(-c2nnc(SCc3nnnn3C3CC3)n2-c2ccccc2)cc1. The molecule has 0 unspecified atom stereocenters. The number of hydrogen-bond donors (Lipinski definition) is 0. The van der Waals surface area contributed by atoms with E-state index in [0.717, 1.165) is 40.9 Å². The van der Waals surface area contributed by atoms with Crippen molar-refractivity contribution < 1.29 is 0 Å². The lowest BCUT2D eigenvalue weighted by Crippen LogP contribution is -2.03. The second-order valence-electron chi connectivity index (χ2n) is 6.54. The van der Waals surface area contributed by atoms with Crippen LogP contribution in [0.5, 0.6) is 0 Å². The molecule has 140 valence electrons. The Hall–Kier alpha value is -2.71.